The summed E-state index contributed by atoms with van der Waals surface area (Å²) in [5.41, 5.74) is 0.513. The van der Waals surface area contributed by atoms with E-state index in [1.807, 2.05) is 39.8 Å². The van der Waals surface area contributed by atoms with Gasteiger partial charge in [-0.1, -0.05) is 0 Å². The minimum Gasteiger partial charge on any atom is -0.444 e. The SMILES string of the molecule is Cc1cc(NC(=O)OC(C)(C)C)nc(N2CCOCC2)c1. The van der Waals surface area contributed by atoms with Crippen molar-refractivity contribution >= 4 is 17.7 Å². The van der Waals surface area contributed by atoms with E-state index < -0.39 is 11.7 Å². The van der Waals surface area contributed by atoms with Crippen molar-refractivity contribution in [2.45, 2.75) is 33.3 Å². The van der Waals surface area contributed by atoms with Gasteiger partial charge >= 0.3 is 6.09 Å². The first kappa shape index (κ1) is 15.6. The van der Waals surface area contributed by atoms with Crippen LogP contribution in [0.3, 0.4) is 0 Å². The number of ether oxygens (including phenoxy) is 2. The molecule has 0 aliphatic carbocycles. The lowest BCUT2D eigenvalue weighted by molar-refractivity contribution is 0.0635. The van der Waals surface area contributed by atoms with E-state index in [-0.39, 0.29) is 0 Å². The zero-order valence-electron chi connectivity index (χ0n) is 13.1. The fraction of sp³-hybridized carbons (Fsp3) is 0.600. The lowest BCUT2D eigenvalue weighted by Gasteiger charge is -2.28. The molecule has 1 amide bonds. The lowest BCUT2D eigenvalue weighted by Crippen LogP contribution is -2.37. The molecular weight excluding hydrogens is 270 g/mol. The molecule has 2 heterocycles. The van der Waals surface area contributed by atoms with Crippen LogP contribution in [0.25, 0.3) is 0 Å². The van der Waals surface area contributed by atoms with Crippen molar-refractivity contribution in [2.75, 3.05) is 36.5 Å². The molecular formula is C15H23N3O3. The summed E-state index contributed by atoms with van der Waals surface area (Å²) < 4.78 is 10.6. The molecule has 1 N–H and O–H groups in total. The molecule has 0 spiro atoms. The molecule has 6 nitrogen and oxygen atoms in total. The highest BCUT2D eigenvalue weighted by Crippen LogP contribution is 2.19. The first-order valence-corrected chi connectivity index (χ1v) is 7.15. The Balaban J connectivity index is 2.09. The molecule has 21 heavy (non-hydrogen) atoms. The number of carbonyl (C=O) groups is 1. The normalized spacial score (nSPS) is 15.7. The number of morpholine rings is 1. The maximum absolute atomic E-state index is 11.8. The molecule has 1 fully saturated rings. The third-order valence-electron chi connectivity index (χ3n) is 2.92. The van der Waals surface area contributed by atoms with E-state index in [0.717, 1.165) is 24.5 Å². The smallest absolute Gasteiger partial charge is 0.413 e. The van der Waals surface area contributed by atoms with E-state index in [4.69, 9.17) is 9.47 Å². The molecule has 1 aromatic heterocycles. The number of nitrogens with zero attached hydrogens (tertiary/aromatic N) is 2. The largest absolute Gasteiger partial charge is 0.444 e. The first-order valence-electron chi connectivity index (χ1n) is 7.15. The van der Waals surface area contributed by atoms with Crippen LogP contribution < -0.4 is 10.2 Å². The number of pyridine rings is 1. The topological polar surface area (TPSA) is 63.7 Å². The van der Waals surface area contributed by atoms with Crippen LogP contribution in [0, 0.1) is 6.92 Å². The van der Waals surface area contributed by atoms with Gasteiger partial charge in [-0.15, -0.1) is 0 Å². The number of anilines is 2. The number of carbonyl (C=O) groups excluding carboxylic acids is 1. The highest BCUT2D eigenvalue weighted by Gasteiger charge is 2.18. The van der Waals surface area contributed by atoms with Crippen molar-refractivity contribution < 1.29 is 14.3 Å². The van der Waals surface area contributed by atoms with Crippen molar-refractivity contribution in [3.63, 3.8) is 0 Å². The Labute approximate surface area is 125 Å². The van der Waals surface area contributed by atoms with Gasteiger partial charge in [0.05, 0.1) is 13.2 Å². The Hall–Kier alpha value is -1.82. The van der Waals surface area contributed by atoms with Gasteiger partial charge < -0.3 is 14.4 Å². The Kier molecular flexibility index (Phi) is 4.67. The number of aromatic nitrogens is 1. The summed E-state index contributed by atoms with van der Waals surface area (Å²) in [7, 11) is 0. The molecule has 1 aliphatic heterocycles. The van der Waals surface area contributed by atoms with Crippen LogP contribution in [0.5, 0.6) is 0 Å². The quantitative estimate of drug-likeness (QED) is 0.908. The Bertz CT molecular complexity index is 505. The zero-order valence-corrected chi connectivity index (χ0v) is 13.1. The van der Waals surface area contributed by atoms with Crippen molar-refractivity contribution in [2.24, 2.45) is 0 Å². The fourth-order valence-corrected chi connectivity index (χ4v) is 2.08. The van der Waals surface area contributed by atoms with Crippen LogP contribution >= 0.6 is 0 Å². The molecule has 0 bridgehead atoms. The molecule has 0 unspecified atom stereocenters. The number of aryl methyl sites for hydroxylation is 1. The van der Waals surface area contributed by atoms with E-state index >= 15 is 0 Å². The van der Waals surface area contributed by atoms with E-state index in [1.54, 1.807) is 0 Å². The van der Waals surface area contributed by atoms with Crippen LogP contribution in [0.1, 0.15) is 26.3 Å². The molecule has 6 heteroatoms. The highest BCUT2D eigenvalue weighted by molar-refractivity contribution is 5.84. The van der Waals surface area contributed by atoms with Crippen molar-refractivity contribution in [1.82, 2.24) is 4.98 Å². The summed E-state index contributed by atoms with van der Waals surface area (Å²) in [6, 6.07) is 3.83. The summed E-state index contributed by atoms with van der Waals surface area (Å²) in [5.74, 6) is 1.36. The molecule has 1 saturated heterocycles. The van der Waals surface area contributed by atoms with Crippen LogP contribution in [0.4, 0.5) is 16.4 Å². The number of hydrogen-bond donors (Lipinski definition) is 1. The number of nitrogens with one attached hydrogen (secondary N) is 1. The molecule has 0 saturated carbocycles. The first-order chi connectivity index (χ1) is 9.83. The van der Waals surface area contributed by atoms with E-state index in [2.05, 4.69) is 15.2 Å². The second-order valence-electron chi connectivity index (χ2n) is 6.11. The number of amides is 1. The van der Waals surface area contributed by atoms with Crippen molar-refractivity contribution in [3.8, 4) is 0 Å². The van der Waals surface area contributed by atoms with Gasteiger partial charge in [-0.05, 0) is 45.4 Å². The predicted octanol–water partition coefficient (Wildman–Crippen LogP) is 2.57. The fourth-order valence-electron chi connectivity index (χ4n) is 2.08. The van der Waals surface area contributed by atoms with Gasteiger partial charge in [0.1, 0.15) is 17.2 Å². The molecule has 0 radical (unpaired) electrons. The second-order valence-corrected chi connectivity index (χ2v) is 6.11. The summed E-state index contributed by atoms with van der Waals surface area (Å²) in [6.45, 7) is 10.5. The third-order valence-corrected chi connectivity index (χ3v) is 2.92. The summed E-state index contributed by atoms with van der Waals surface area (Å²) in [4.78, 5) is 18.5. The number of hydrogen-bond acceptors (Lipinski definition) is 5. The van der Waals surface area contributed by atoms with Gasteiger partial charge in [0.2, 0.25) is 0 Å². The highest BCUT2D eigenvalue weighted by atomic mass is 16.6. The van der Waals surface area contributed by atoms with Gasteiger partial charge in [0.15, 0.2) is 0 Å². The molecule has 1 aliphatic rings. The lowest BCUT2D eigenvalue weighted by atomic mass is 10.2. The van der Waals surface area contributed by atoms with Crippen LogP contribution in [0.15, 0.2) is 12.1 Å². The zero-order chi connectivity index (χ0) is 15.5. The van der Waals surface area contributed by atoms with Crippen LogP contribution in [-0.4, -0.2) is 43.0 Å². The second kappa shape index (κ2) is 6.30. The van der Waals surface area contributed by atoms with Crippen molar-refractivity contribution in [3.05, 3.63) is 17.7 Å². The standard InChI is InChI=1S/C15H23N3O3/c1-11-9-12(17-14(19)21-15(2,3)4)16-13(10-11)18-5-7-20-8-6-18/h9-10H,5-8H2,1-4H3,(H,16,17,19). The Morgan fingerprint density at radius 1 is 1.33 bits per heavy atom. The summed E-state index contributed by atoms with van der Waals surface area (Å²) in [6.07, 6.45) is -0.492. The minimum atomic E-state index is -0.527. The third kappa shape index (κ3) is 4.90. The monoisotopic (exact) mass is 293 g/mol. The maximum Gasteiger partial charge on any atom is 0.413 e. The molecule has 0 atom stereocenters. The van der Waals surface area contributed by atoms with Crippen LogP contribution in [0.2, 0.25) is 0 Å². The maximum atomic E-state index is 11.8. The molecule has 1 aromatic rings. The Morgan fingerprint density at radius 2 is 2.00 bits per heavy atom. The predicted molar refractivity (Wildman–Crippen MR) is 81.9 cm³/mol. The average molecular weight is 293 g/mol. The van der Waals surface area contributed by atoms with Gasteiger partial charge in [-0.25, -0.2) is 9.78 Å². The summed E-state index contributed by atoms with van der Waals surface area (Å²) >= 11 is 0. The summed E-state index contributed by atoms with van der Waals surface area (Å²) in [5, 5.41) is 2.69. The van der Waals surface area contributed by atoms with Crippen molar-refractivity contribution in [1.29, 1.82) is 0 Å². The average Bonchev–Trinajstić information content (AvgIpc) is 2.36. The van der Waals surface area contributed by atoms with E-state index in [9.17, 15) is 4.79 Å². The van der Waals surface area contributed by atoms with E-state index in [1.165, 1.54) is 0 Å². The van der Waals surface area contributed by atoms with Gasteiger partial charge in [0.25, 0.3) is 0 Å². The van der Waals surface area contributed by atoms with E-state index in [0.29, 0.717) is 19.0 Å². The van der Waals surface area contributed by atoms with Gasteiger partial charge in [-0.3, -0.25) is 5.32 Å². The van der Waals surface area contributed by atoms with Gasteiger partial charge in [-0.2, -0.15) is 0 Å². The minimum absolute atomic E-state index is 0.492. The molecule has 2 rings (SSSR count). The Morgan fingerprint density at radius 3 is 2.62 bits per heavy atom. The molecule has 0 aromatic carbocycles. The van der Waals surface area contributed by atoms with Gasteiger partial charge in [0, 0.05) is 13.1 Å². The number of rotatable bonds is 2. The van der Waals surface area contributed by atoms with Crippen LogP contribution in [-0.2, 0) is 9.47 Å². The molecule has 116 valence electrons.